The molecule has 0 heteroatoms. The van der Waals surface area contributed by atoms with E-state index in [-0.39, 0.29) is 0 Å². The lowest BCUT2D eigenvalue weighted by molar-refractivity contribution is 0.541. The molecule has 212 valence electrons. The van der Waals surface area contributed by atoms with Crippen LogP contribution in [0.3, 0.4) is 0 Å². The summed E-state index contributed by atoms with van der Waals surface area (Å²) in [6.07, 6.45) is 46.2. The maximum absolute atomic E-state index is 4.05. The smallest absolute Gasteiger partial charge is 0.0165 e. The van der Waals surface area contributed by atoms with E-state index in [2.05, 4.69) is 86.6 Å². The molecule has 0 aromatic rings. The van der Waals surface area contributed by atoms with Crippen LogP contribution < -0.4 is 0 Å². The van der Waals surface area contributed by atoms with Crippen molar-refractivity contribution < 1.29 is 0 Å². The molecule has 5 aliphatic rings. The largest absolute Gasteiger partial charge is 0.103 e. The maximum atomic E-state index is 4.05. The van der Waals surface area contributed by atoms with Crippen LogP contribution in [0.5, 0.6) is 0 Å². The fourth-order valence-electron chi connectivity index (χ4n) is 8.70. The van der Waals surface area contributed by atoms with Gasteiger partial charge in [0.05, 0.1) is 0 Å². The van der Waals surface area contributed by atoms with E-state index < -0.39 is 0 Å². The summed E-state index contributed by atoms with van der Waals surface area (Å²) < 4.78 is 0. The Hall–Kier alpha value is -1.82. The molecule has 0 nitrogen and oxygen atoms in total. The SMILES string of the molecule is C=CC1CCC(/C=C\C2CCC(/C=C\C3CC(/C=C\C4CCC(C=C)C4)CC3/C=C\C3CCC(C=C)C3)C2)C1. The third-order valence-corrected chi connectivity index (χ3v) is 11.3. The first kappa shape index (κ1) is 28.7. The highest BCUT2D eigenvalue weighted by atomic mass is 14.4. The Morgan fingerprint density at radius 2 is 0.538 bits per heavy atom. The molecular weight excluding hydrogens is 468 g/mol. The van der Waals surface area contributed by atoms with Crippen LogP contribution in [0.4, 0.5) is 0 Å². The highest BCUT2D eigenvalue weighted by Crippen LogP contribution is 2.43. The van der Waals surface area contributed by atoms with Gasteiger partial charge in [-0.1, -0.05) is 66.8 Å². The molecule has 0 aromatic carbocycles. The maximum Gasteiger partial charge on any atom is -0.0165 e. The Balaban J connectivity index is 1.16. The Kier molecular flexibility index (Phi) is 10.4. The highest BCUT2D eigenvalue weighted by molar-refractivity contribution is 5.12. The van der Waals surface area contributed by atoms with E-state index in [1.54, 1.807) is 0 Å². The number of rotatable bonds is 11. The predicted molar refractivity (Wildman–Crippen MR) is 170 cm³/mol. The van der Waals surface area contributed by atoms with Gasteiger partial charge in [-0.15, -0.1) is 19.7 Å². The molecule has 5 fully saturated rings. The molecule has 0 amide bonds. The van der Waals surface area contributed by atoms with Gasteiger partial charge in [0.25, 0.3) is 0 Å². The van der Waals surface area contributed by atoms with Crippen LogP contribution in [0.25, 0.3) is 0 Å². The molecule has 5 aliphatic carbocycles. The van der Waals surface area contributed by atoms with Crippen molar-refractivity contribution in [3.05, 3.63) is 86.6 Å². The second-order valence-electron chi connectivity index (χ2n) is 14.1. The average molecular weight is 525 g/mol. The van der Waals surface area contributed by atoms with E-state index >= 15 is 0 Å². The first-order chi connectivity index (χ1) is 19.1. The summed E-state index contributed by atoms with van der Waals surface area (Å²) in [4.78, 5) is 0. The van der Waals surface area contributed by atoms with Gasteiger partial charge in [0.15, 0.2) is 0 Å². The van der Waals surface area contributed by atoms with Crippen LogP contribution >= 0.6 is 0 Å². The third kappa shape index (κ3) is 8.11. The Morgan fingerprint density at radius 3 is 0.846 bits per heavy atom. The fraction of sp³-hybridized carbons (Fsp3) is 0.641. The topological polar surface area (TPSA) is 0 Å². The molecule has 0 bridgehead atoms. The van der Waals surface area contributed by atoms with E-state index in [4.69, 9.17) is 0 Å². The molecule has 0 spiro atoms. The van der Waals surface area contributed by atoms with Crippen molar-refractivity contribution in [2.24, 2.45) is 65.1 Å². The van der Waals surface area contributed by atoms with Crippen molar-refractivity contribution in [3.8, 4) is 0 Å². The zero-order valence-corrected chi connectivity index (χ0v) is 24.7. The molecule has 0 N–H and O–H groups in total. The Bertz CT molecular complexity index is 928. The molecule has 0 radical (unpaired) electrons. The highest BCUT2D eigenvalue weighted by Gasteiger charge is 2.32. The second-order valence-corrected chi connectivity index (χ2v) is 14.1. The lowest BCUT2D eigenvalue weighted by atomic mass is 9.91. The van der Waals surface area contributed by atoms with Crippen molar-refractivity contribution >= 4 is 0 Å². The van der Waals surface area contributed by atoms with Gasteiger partial charge in [-0.3, -0.25) is 0 Å². The van der Waals surface area contributed by atoms with Crippen LogP contribution in [0, 0.1) is 65.1 Å². The summed E-state index contributed by atoms with van der Waals surface area (Å²) in [5, 5.41) is 0. The molecule has 5 rings (SSSR count). The lowest BCUT2D eigenvalue weighted by Crippen LogP contribution is -2.03. The Labute approximate surface area is 241 Å². The molecular formula is C39H56. The average Bonchev–Trinajstić information content (AvgIpc) is 3.78. The summed E-state index contributed by atoms with van der Waals surface area (Å²) in [5.74, 6) is 8.32. The quantitative estimate of drug-likeness (QED) is 0.236. The summed E-state index contributed by atoms with van der Waals surface area (Å²) >= 11 is 0. The van der Waals surface area contributed by atoms with Gasteiger partial charge in [-0.25, -0.2) is 0 Å². The van der Waals surface area contributed by atoms with Gasteiger partial charge in [0, 0.05) is 0 Å². The van der Waals surface area contributed by atoms with Crippen LogP contribution in [0.1, 0.15) is 89.9 Å². The van der Waals surface area contributed by atoms with Crippen molar-refractivity contribution in [2.75, 3.05) is 0 Å². The minimum Gasteiger partial charge on any atom is -0.103 e. The Morgan fingerprint density at radius 1 is 0.282 bits per heavy atom. The first-order valence-electron chi connectivity index (χ1n) is 16.7. The molecule has 0 saturated heterocycles. The zero-order valence-electron chi connectivity index (χ0n) is 24.7. The number of allylic oxidation sites excluding steroid dienone is 11. The van der Waals surface area contributed by atoms with Gasteiger partial charge in [-0.05, 0) is 155 Å². The molecule has 39 heavy (non-hydrogen) atoms. The van der Waals surface area contributed by atoms with Gasteiger partial charge in [0.1, 0.15) is 0 Å². The molecule has 11 unspecified atom stereocenters. The number of hydrogen-bond acceptors (Lipinski definition) is 0. The van der Waals surface area contributed by atoms with Crippen molar-refractivity contribution in [1.29, 1.82) is 0 Å². The molecule has 5 saturated carbocycles. The van der Waals surface area contributed by atoms with E-state index in [9.17, 15) is 0 Å². The van der Waals surface area contributed by atoms with Crippen LogP contribution in [-0.2, 0) is 0 Å². The van der Waals surface area contributed by atoms with Gasteiger partial charge in [0.2, 0.25) is 0 Å². The molecule has 0 aliphatic heterocycles. The minimum absolute atomic E-state index is 0.709. The second kappa shape index (κ2) is 14.2. The van der Waals surface area contributed by atoms with Gasteiger partial charge in [-0.2, -0.15) is 0 Å². The van der Waals surface area contributed by atoms with Crippen molar-refractivity contribution in [3.63, 3.8) is 0 Å². The van der Waals surface area contributed by atoms with Crippen molar-refractivity contribution in [2.45, 2.75) is 89.9 Å². The van der Waals surface area contributed by atoms with Crippen LogP contribution in [0.2, 0.25) is 0 Å². The van der Waals surface area contributed by atoms with E-state index in [1.807, 2.05) is 0 Å². The molecule has 11 atom stereocenters. The van der Waals surface area contributed by atoms with E-state index in [0.717, 1.165) is 53.3 Å². The summed E-state index contributed by atoms with van der Waals surface area (Å²) in [6.45, 7) is 12.1. The standard InChI is InChI=1S/C39H56/c1-4-29-7-10-32(23-29)13-14-34-15-16-36(26-34)20-22-39-28-37(18-17-33-11-8-30(5-2)24-33)27-38(39)21-19-35-12-9-31(6-3)25-35/h4-6,13-14,17-22,29-39H,1-3,7-12,15-16,23-28H2/b14-13-,18-17-,21-19-,22-20-. The van der Waals surface area contributed by atoms with Crippen LogP contribution in [0.15, 0.2) is 86.6 Å². The van der Waals surface area contributed by atoms with E-state index in [1.165, 1.54) is 89.9 Å². The van der Waals surface area contributed by atoms with Gasteiger partial charge >= 0.3 is 0 Å². The van der Waals surface area contributed by atoms with E-state index in [0.29, 0.717) is 11.8 Å². The minimum atomic E-state index is 0.709. The van der Waals surface area contributed by atoms with Crippen molar-refractivity contribution in [1.82, 2.24) is 0 Å². The molecule has 0 heterocycles. The lowest BCUT2D eigenvalue weighted by Gasteiger charge is -2.14. The fourth-order valence-corrected chi connectivity index (χ4v) is 8.70. The molecule has 0 aromatic heterocycles. The first-order valence-corrected chi connectivity index (χ1v) is 16.7. The van der Waals surface area contributed by atoms with Gasteiger partial charge < -0.3 is 0 Å². The zero-order chi connectivity index (χ0) is 27.0. The summed E-state index contributed by atoms with van der Waals surface area (Å²) in [7, 11) is 0. The summed E-state index contributed by atoms with van der Waals surface area (Å²) in [5.41, 5.74) is 0. The summed E-state index contributed by atoms with van der Waals surface area (Å²) in [6, 6.07) is 0. The normalized spacial score (nSPS) is 43.1. The predicted octanol–water partition coefficient (Wildman–Crippen LogP) is 11.1. The third-order valence-electron chi connectivity index (χ3n) is 11.3. The number of hydrogen-bond donors (Lipinski definition) is 0. The van der Waals surface area contributed by atoms with Crippen LogP contribution in [-0.4, -0.2) is 0 Å². The monoisotopic (exact) mass is 524 g/mol.